The molecule has 1 aromatic carbocycles. The summed E-state index contributed by atoms with van der Waals surface area (Å²) in [5, 5.41) is 0. The van der Waals surface area contributed by atoms with Gasteiger partial charge in [0.2, 0.25) is 0 Å². The first-order chi connectivity index (χ1) is 7.77. The number of fused-ring (bicyclic) bond motifs is 1. The number of hydrogen-bond acceptors (Lipinski definition) is 2. The Bertz CT molecular complexity index is 515. The van der Waals surface area contributed by atoms with Crippen molar-refractivity contribution in [1.82, 2.24) is 9.55 Å². The van der Waals surface area contributed by atoms with E-state index in [-0.39, 0.29) is 6.04 Å². The minimum atomic E-state index is 0.00917. The fourth-order valence-corrected chi connectivity index (χ4v) is 2.50. The molecule has 3 heteroatoms. The summed E-state index contributed by atoms with van der Waals surface area (Å²) < 4.78 is 2.01. The van der Waals surface area contributed by atoms with Crippen molar-refractivity contribution in [2.75, 3.05) is 0 Å². The lowest BCUT2D eigenvalue weighted by atomic mass is 9.73. The zero-order chi connectivity index (χ0) is 11.1. The topological polar surface area (TPSA) is 43.8 Å². The minimum Gasteiger partial charge on any atom is -0.337 e. The summed E-state index contributed by atoms with van der Waals surface area (Å²) >= 11 is 0. The van der Waals surface area contributed by atoms with Crippen LogP contribution >= 0.6 is 0 Å². The number of aromatic nitrogens is 2. The molecule has 0 saturated carbocycles. The Labute approximate surface area is 94.9 Å². The van der Waals surface area contributed by atoms with Crippen molar-refractivity contribution in [2.45, 2.75) is 18.4 Å². The maximum Gasteiger partial charge on any atom is 0.126 e. The molecule has 0 radical (unpaired) electrons. The van der Waals surface area contributed by atoms with Gasteiger partial charge in [-0.25, -0.2) is 4.98 Å². The van der Waals surface area contributed by atoms with Crippen molar-refractivity contribution in [1.29, 1.82) is 0 Å². The number of nitrogens with two attached hydrogens (primary N) is 1. The summed E-state index contributed by atoms with van der Waals surface area (Å²) in [6, 6.07) is 8.52. The second kappa shape index (κ2) is 3.46. The highest BCUT2D eigenvalue weighted by atomic mass is 15.1. The fraction of sp³-hybridized carbons (Fsp3) is 0.308. The second-order valence-corrected chi connectivity index (χ2v) is 4.43. The normalized spacial score (nSPS) is 20.0. The zero-order valence-electron chi connectivity index (χ0n) is 9.30. The Morgan fingerprint density at radius 3 is 2.94 bits per heavy atom. The van der Waals surface area contributed by atoms with Gasteiger partial charge in [-0.15, -0.1) is 0 Å². The quantitative estimate of drug-likeness (QED) is 0.826. The van der Waals surface area contributed by atoms with Gasteiger partial charge in [0.25, 0.3) is 0 Å². The molecule has 82 valence electrons. The first-order valence-electron chi connectivity index (χ1n) is 5.58. The van der Waals surface area contributed by atoms with Crippen LogP contribution < -0.4 is 5.73 Å². The maximum atomic E-state index is 6.28. The number of benzene rings is 1. The van der Waals surface area contributed by atoms with Crippen molar-refractivity contribution < 1.29 is 0 Å². The Morgan fingerprint density at radius 1 is 1.44 bits per heavy atom. The van der Waals surface area contributed by atoms with E-state index in [1.807, 2.05) is 17.8 Å². The minimum absolute atomic E-state index is 0.00917. The number of aryl methyl sites for hydroxylation is 1. The molecule has 0 bridgehead atoms. The average molecular weight is 213 g/mol. The van der Waals surface area contributed by atoms with E-state index in [0.717, 1.165) is 12.2 Å². The van der Waals surface area contributed by atoms with Crippen LogP contribution in [0.5, 0.6) is 0 Å². The van der Waals surface area contributed by atoms with Gasteiger partial charge >= 0.3 is 0 Å². The predicted octanol–water partition coefficient (Wildman–Crippen LogP) is 1.76. The first kappa shape index (κ1) is 9.60. The standard InChI is InChI=1S/C13H15N3/c1-16-7-6-15-13(16)12(14)11-8-9-4-2-3-5-10(9)11/h2-7,11-12H,8,14H2,1H3. The van der Waals surface area contributed by atoms with Crippen LogP contribution in [-0.4, -0.2) is 9.55 Å². The maximum absolute atomic E-state index is 6.28. The second-order valence-electron chi connectivity index (χ2n) is 4.43. The van der Waals surface area contributed by atoms with Gasteiger partial charge in [-0.3, -0.25) is 0 Å². The molecule has 3 nitrogen and oxygen atoms in total. The molecule has 2 aromatic rings. The lowest BCUT2D eigenvalue weighted by Gasteiger charge is -2.34. The highest BCUT2D eigenvalue weighted by Gasteiger charge is 2.33. The van der Waals surface area contributed by atoms with Gasteiger partial charge in [0.15, 0.2) is 0 Å². The van der Waals surface area contributed by atoms with E-state index in [4.69, 9.17) is 5.73 Å². The Kier molecular flexibility index (Phi) is 2.07. The van der Waals surface area contributed by atoms with Crippen LogP contribution in [0.1, 0.15) is 28.9 Å². The van der Waals surface area contributed by atoms with Crippen LogP contribution in [0.4, 0.5) is 0 Å². The van der Waals surface area contributed by atoms with Crippen molar-refractivity contribution in [3.05, 3.63) is 53.6 Å². The average Bonchev–Trinajstić information content (AvgIpc) is 2.66. The molecule has 1 aliphatic rings. The van der Waals surface area contributed by atoms with Crippen LogP contribution in [0.15, 0.2) is 36.7 Å². The first-order valence-corrected chi connectivity index (χ1v) is 5.58. The summed E-state index contributed by atoms with van der Waals surface area (Å²) in [7, 11) is 1.99. The van der Waals surface area contributed by atoms with Crippen LogP contribution in [0, 0.1) is 0 Å². The molecule has 1 heterocycles. The lowest BCUT2D eigenvalue weighted by Crippen LogP contribution is -2.30. The van der Waals surface area contributed by atoms with Crippen LogP contribution in [0.25, 0.3) is 0 Å². The van der Waals surface area contributed by atoms with Crippen LogP contribution in [0.2, 0.25) is 0 Å². The van der Waals surface area contributed by atoms with Crippen LogP contribution in [-0.2, 0) is 13.5 Å². The summed E-state index contributed by atoms with van der Waals surface area (Å²) in [6.45, 7) is 0. The van der Waals surface area contributed by atoms with Crippen LogP contribution in [0.3, 0.4) is 0 Å². The summed E-state index contributed by atoms with van der Waals surface area (Å²) in [5.41, 5.74) is 9.09. The van der Waals surface area contributed by atoms with E-state index in [2.05, 4.69) is 29.2 Å². The molecule has 0 saturated heterocycles. The number of rotatable bonds is 2. The Balaban J connectivity index is 1.90. The SMILES string of the molecule is Cn1ccnc1C(N)C1Cc2ccccc21. The van der Waals surface area contributed by atoms with E-state index in [0.29, 0.717) is 5.92 Å². The smallest absolute Gasteiger partial charge is 0.126 e. The zero-order valence-corrected chi connectivity index (χ0v) is 9.30. The molecule has 0 aliphatic heterocycles. The Morgan fingerprint density at radius 2 is 2.25 bits per heavy atom. The van der Waals surface area contributed by atoms with Crippen molar-refractivity contribution in [3.63, 3.8) is 0 Å². The van der Waals surface area contributed by atoms with E-state index < -0.39 is 0 Å². The van der Waals surface area contributed by atoms with Gasteiger partial charge in [0.05, 0.1) is 6.04 Å². The van der Waals surface area contributed by atoms with Gasteiger partial charge in [-0.2, -0.15) is 0 Å². The third-order valence-electron chi connectivity index (χ3n) is 3.48. The lowest BCUT2D eigenvalue weighted by molar-refractivity contribution is 0.470. The number of imidazole rings is 1. The van der Waals surface area contributed by atoms with E-state index in [9.17, 15) is 0 Å². The summed E-state index contributed by atoms with van der Waals surface area (Å²) in [5.74, 6) is 1.40. The molecule has 0 amide bonds. The van der Waals surface area contributed by atoms with Gasteiger partial charge in [-0.05, 0) is 17.5 Å². The van der Waals surface area contributed by atoms with Crippen molar-refractivity contribution >= 4 is 0 Å². The third-order valence-corrected chi connectivity index (χ3v) is 3.48. The molecule has 0 spiro atoms. The monoisotopic (exact) mass is 213 g/mol. The molecular weight excluding hydrogens is 198 g/mol. The predicted molar refractivity (Wildman–Crippen MR) is 63.0 cm³/mol. The van der Waals surface area contributed by atoms with Crippen molar-refractivity contribution in [2.24, 2.45) is 12.8 Å². The summed E-state index contributed by atoms with van der Waals surface area (Å²) in [6.07, 6.45) is 4.82. The molecular formula is C13H15N3. The molecule has 1 aromatic heterocycles. The molecule has 2 unspecified atom stereocenters. The molecule has 1 aliphatic carbocycles. The summed E-state index contributed by atoms with van der Waals surface area (Å²) in [4.78, 5) is 4.33. The Hall–Kier alpha value is -1.61. The van der Waals surface area contributed by atoms with Gasteiger partial charge < -0.3 is 10.3 Å². The van der Waals surface area contributed by atoms with Gasteiger partial charge in [-0.1, -0.05) is 24.3 Å². The highest BCUT2D eigenvalue weighted by Crippen LogP contribution is 2.41. The fourth-order valence-electron chi connectivity index (χ4n) is 2.50. The van der Waals surface area contributed by atoms with Gasteiger partial charge in [0, 0.05) is 25.4 Å². The number of hydrogen-bond donors (Lipinski definition) is 1. The molecule has 0 fully saturated rings. The number of nitrogens with zero attached hydrogens (tertiary/aromatic N) is 2. The van der Waals surface area contributed by atoms with Gasteiger partial charge in [0.1, 0.15) is 5.82 Å². The molecule has 2 atom stereocenters. The van der Waals surface area contributed by atoms with E-state index >= 15 is 0 Å². The largest absolute Gasteiger partial charge is 0.337 e. The molecule has 2 N–H and O–H groups in total. The van der Waals surface area contributed by atoms with E-state index in [1.165, 1.54) is 11.1 Å². The van der Waals surface area contributed by atoms with E-state index in [1.54, 1.807) is 6.20 Å². The highest BCUT2D eigenvalue weighted by molar-refractivity contribution is 5.41. The molecule has 3 rings (SSSR count). The molecule has 16 heavy (non-hydrogen) atoms. The third kappa shape index (κ3) is 1.28. The van der Waals surface area contributed by atoms with Crippen molar-refractivity contribution in [3.8, 4) is 0 Å².